The molecular formula is C14H25N. The molecule has 0 aliphatic heterocycles. The molecule has 15 heavy (non-hydrogen) atoms. The minimum Gasteiger partial charge on any atom is -0.319 e. The van der Waals surface area contributed by atoms with Gasteiger partial charge in [0.1, 0.15) is 0 Å². The van der Waals surface area contributed by atoms with Crippen molar-refractivity contribution >= 4 is 0 Å². The molecule has 0 heterocycles. The van der Waals surface area contributed by atoms with Crippen molar-refractivity contribution in [3.63, 3.8) is 0 Å². The third-order valence-corrected chi connectivity index (χ3v) is 2.44. The van der Waals surface area contributed by atoms with E-state index in [1.165, 1.54) is 18.4 Å². The molecule has 0 amide bonds. The van der Waals surface area contributed by atoms with Crippen LogP contribution in [0.4, 0.5) is 0 Å². The van der Waals surface area contributed by atoms with Gasteiger partial charge in [-0.25, -0.2) is 0 Å². The first-order valence-corrected chi connectivity index (χ1v) is 6.05. The van der Waals surface area contributed by atoms with Crippen molar-refractivity contribution in [2.24, 2.45) is 5.92 Å². The van der Waals surface area contributed by atoms with Crippen molar-refractivity contribution in [3.8, 4) is 0 Å². The zero-order valence-corrected chi connectivity index (χ0v) is 10.6. The summed E-state index contributed by atoms with van der Waals surface area (Å²) in [6.45, 7) is 7.37. The first-order chi connectivity index (χ1) is 7.36. The predicted molar refractivity (Wildman–Crippen MR) is 69.2 cm³/mol. The van der Waals surface area contributed by atoms with Crippen molar-refractivity contribution in [1.29, 1.82) is 0 Å². The summed E-state index contributed by atoms with van der Waals surface area (Å²) in [5, 5.41) is 3.24. The van der Waals surface area contributed by atoms with Crippen LogP contribution in [-0.2, 0) is 6.42 Å². The van der Waals surface area contributed by atoms with E-state index >= 15 is 0 Å². The summed E-state index contributed by atoms with van der Waals surface area (Å²) in [6.07, 6.45) is 2.44. The first-order valence-electron chi connectivity index (χ1n) is 6.05. The van der Waals surface area contributed by atoms with E-state index < -0.39 is 0 Å². The molecule has 0 aromatic heterocycles. The monoisotopic (exact) mass is 207 g/mol. The minimum absolute atomic E-state index is 0.771. The van der Waals surface area contributed by atoms with Gasteiger partial charge in [-0.2, -0.15) is 0 Å². The van der Waals surface area contributed by atoms with Crippen LogP contribution in [0.1, 0.15) is 32.8 Å². The smallest absolute Gasteiger partial charge is 0.00204 e. The fraction of sp³-hybridized carbons (Fsp3) is 0.571. The van der Waals surface area contributed by atoms with Crippen LogP contribution in [0.5, 0.6) is 0 Å². The second-order valence-corrected chi connectivity index (χ2v) is 3.52. The van der Waals surface area contributed by atoms with Gasteiger partial charge in [-0.05, 0) is 31.5 Å². The van der Waals surface area contributed by atoms with Gasteiger partial charge >= 0.3 is 0 Å². The normalized spacial score (nSPS) is 11.5. The van der Waals surface area contributed by atoms with E-state index in [9.17, 15) is 0 Å². The summed E-state index contributed by atoms with van der Waals surface area (Å²) in [5.74, 6) is 0.771. The molecule has 0 fully saturated rings. The number of benzene rings is 1. The van der Waals surface area contributed by atoms with Crippen LogP contribution in [0.25, 0.3) is 0 Å². The van der Waals surface area contributed by atoms with Gasteiger partial charge in [0.15, 0.2) is 0 Å². The van der Waals surface area contributed by atoms with E-state index in [-0.39, 0.29) is 0 Å². The van der Waals surface area contributed by atoms with Gasteiger partial charge in [-0.15, -0.1) is 0 Å². The van der Waals surface area contributed by atoms with E-state index in [2.05, 4.69) is 42.6 Å². The molecule has 0 aliphatic carbocycles. The lowest BCUT2D eigenvalue weighted by molar-refractivity contribution is 0.481. The van der Waals surface area contributed by atoms with Gasteiger partial charge in [-0.1, -0.05) is 57.5 Å². The molecule has 0 saturated heterocycles. The largest absolute Gasteiger partial charge is 0.319 e. The van der Waals surface area contributed by atoms with Crippen LogP contribution in [0, 0.1) is 5.92 Å². The standard InChI is InChI=1S/C12H19N.C2H6/c1-3-11(10-13-2)9-12-7-5-4-6-8-12;1-2/h4-8,11,13H,3,9-10H2,1-2H3;1-2H3. The Morgan fingerprint density at radius 3 is 2.20 bits per heavy atom. The summed E-state index contributed by atoms with van der Waals surface area (Å²) in [7, 11) is 2.02. The molecule has 1 aromatic rings. The molecule has 1 rings (SSSR count). The summed E-state index contributed by atoms with van der Waals surface area (Å²) < 4.78 is 0. The summed E-state index contributed by atoms with van der Waals surface area (Å²) in [6, 6.07) is 10.7. The van der Waals surface area contributed by atoms with Gasteiger partial charge in [0.2, 0.25) is 0 Å². The van der Waals surface area contributed by atoms with Gasteiger partial charge in [0.25, 0.3) is 0 Å². The summed E-state index contributed by atoms with van der Waals surface area (Å²) >= 11 is 0. The van der Waals surface area contributed by atoms with Crippen LogP contribution < -0.4 is 5.32 Å². The maximum Gasteiger partial charge on any atom is -0.00204 e. The maximum atomic E-state index is 3.24. The fourth-order valence-corrected chi connectivity index (χ4v) is 1.60. The van der Waals surface area contributed by atoms with Crippen LogP contribution >= 0.6 is 0 Å². The highest BCUT2D eigenvalue weighted by molar-refractivity contribution is 5.15. The lowest BCUT2D eigenvalue weighted by Crippen LogP contribution is -2.19. The Balaban J connectivity index is 0.000000921. The molecule has 86 valence electrons. The molecule has 1 unspecified atom stereocenters. The molecule has 0 aliphatic rings. The summed E-state index contributed by atoms with van der Waals surface area (Å²) in [4.78, 5) is 0. The van der Waals surface area contributed by atoms with E-state index in [0.717, 1.165) is 12.5 Å². The second kappa shape index (κ2) is 9.72. The first kappa shape index (κ1) is 14.2. The highest BCUT2D eigenvalue weighted by atomic mass is 14.8. The quantitative estimate of drug-likeness (QED) is 0.779. The van der Waals surface area contributed by atoms with E-state index in [0.29, 0.717) is 0 Å². The van der Waals surface area contributed by atoms with Crippen molar-refractivity contribution < 1.29 is 0 Å². The van der Waals surface area contributed by atoms with Crippen LogP contribution in [-0.4, -0.2) is 13.6 Å². The summed E-state index contributed by atoms with van der Waals surface area (Å²) in [5.41, 5.74) is 1.45. The average Bonchev–Trinajstić information content (AvgIpc) is 2.32. The molecule has 1 aromatic carbocycles. The number of hydrogen-bond acceptors (Lipinski definition) is 1. The highest BCUT2D eigenvalue weighted by Crippen LogP contribution is 2.10. The van der Waals surface area contributed by atoms with E-state index in [1.807, 2.05) is 20.9 Å². The van der Waals surface area contributed by atoms with Crippen LogP contribution in [0.15, 0.2) is 30.3 Å². The second-order valence-electron chi connectivity index (χ2n) is 3.52. The predicted octanol–water partition coefficient (Wildman–Crippen LogP) is 3.50. The third kappa shape index (κ3) is 6.29. The molecular weight excluding hydrogens is 182 g/mol. The Hall–Kier alpha value is -0.820. The van der Waals surface area contributed by atoms with Crippen molar-refractivity contribution in [3.05, 3.63) is 35.9 Å². The zero-order chi connectivity index (χ0) is 11.5. The molecule has 1 nitrogen and oxygen atoms in total. The number of nitrogens with one attached hydrogen (secondary N) is 1. The van der Waals surface area contributed by atoms with Gasteiger partial charge in [-0.3, -0.25) is 0 Å². The Kier molecular flexibility index (Phi) is 9.19. The Labute approximate surface area is 94.9 Å². The Morgan fingerprint density at radius 1 is 1.13 bits per heavy atom. The van der Waals surface area contributed by atoms with Gasteiger partial charge < -0.3 is 5.32 Å². The van der Waals surface area contributed by atoms with Crippen molar-refractivity contribution in [2.45, 2.75) is 33.6 Å². The van der Waals surface area contributed by atoms with Crippen LogP contribution in [0.2, 0.25) is 0 Å². The maximum absolute atomic E-state index is 3.24. The van der Waals surface area contributed by atoms with E-state index in [1.54, 1.807) is 0 Å². The lowest BCUT2D eigenvalue weighted by Gasteiger charge is -2.13. The van der Waals surface area contributed by atoms with Crippen molar-refractivity contribution in [1.82, 2.24) is 5.32 Å². The van der Waals surface area contributed by atoms with Gasteiger partial charge in [0.05, 0.1) is 0 Å². The van der Waals surface area contributed by atoms with Crippen molar-refractivity contribution in [2.75, 3.05) is 13.6 Å². The Morgan fingerprint density at radius 2 is 1.73 bits per heavy atom. The minimum atomic E-state index is 0.771. The molecule has 0 saturated carbocycles. The molecule has 1 heteroatoms. The van der Waals surface area contributed by atoms with Crippen LogP contribution in [0.3, 0.4) is 0 Å². The molecule has 0 bridgehead atoms. The van der Waals surface area contributed by atoms with E-state index in [4.69, 9.17) is 0 Å². The van der Waals surface area contributed by atoms with Gasteiger partial charge in [0, 0.05) is 0 Å². The SMILES string of the molecule is CC.CCC(CNC)Cc1ccccc1. The zero-order valence-electron chi connectivity index (χ0n) is 10.6. The molecule has 1 N–H and O–H groups in total. The molecule has 1 atom stereocenters. The molecule has 0 spiro atoms. The Bertz CT molecular complexity index is 218. The fourth-order valence-electron chi connectivity index (χ4n) is 1.60. The average molecular weight is 207 g/mol. The molecule has 0 radical (unpaired) electrons. The number of hydrogen-bond donors (Lipinski definition) is 1. The highest BCUT2D eigenvalue weighted by Gasteiger charge is 2.05. The number of rotatable bonds is 5. The topological polar surface area (TPSA) is 12.0 Å². The third-order valence-electron chi connectivity index (χ3n) is 2.44. The lowest BCUT2D eigenvalue weighted by atomic mass is 9.97.